The Bertz CT molecular complexity index is 562. The number of carbonyl (C=O) groups is 2. The maximum absolute atomic E-state index is 12.0. The zero-order chi connectivity index (χ0) is 14.3. The molecular weight excluding hydrogens is 254 g/mol. The fraction of sp³-hybridized carbons (Fsp3) is 0.467. The highest BCUT2D eigenvalue weighted by atomic mass is 16.2. The maximum atomic E-state index is 12.0. The molecule has 3 N–H and O–H groups in total. The summed E-state index contributed by atoms with van der Waals surface area (Å²) in [5.74, 6) is -0.445. The van der Waals surface area contributed by atoms with Gasteiger partial charge in [-0.3, -0.25) is 14.5 Å². The van der Waals surface area contributed by atoms with Gasteiger partial charge in [-0.25, -0.2) is 0 Å². The van der Waals surface area contributed by atoms with E-state index in [4.69, 9.17) is 5.73 Å². The lowest BCUT2D eigenvalue weighted by Gasteiger charge is -2.27. The number of nitrogens with one attached hydrogen (secondary N) is 1. The lowest BCUT2D eigenvalue weighted by Crippen LogP contribution is -2.32. The van der Waals surface area contributed by atoms with E-state index < -0.39 is 0 Å². The van der Waals surface area contributed by atoms with E-state index in [2.05, 4.69) is 5.32 Å². The zero-order valence-corrected chi connectivity index (χ0v) is 11.6. The van der Waals surface area contributed by atoms with E-state index in [1.807, 2.05) is 6.07 Å². The van der Waals surface area contributed by atoms with Crippen LogP contribution in [0.2, 0.25) is 0 Å². The third-order valence-electron chi connectivity index (χ3n) is 4.23. The highest BCUT2D eigenvalue weighted by Crippen LogP contribution is 2.27. The summed E-state index contributed by atoms with van der Waals surface area (Å²) in [6.45, 7) is 0. The molecule has 3 rings (SSSR count). The molecule has 1 saturated carbocycles. The molecule has 1 aromatic rings. The predicted molar refractivity (Wildman–Crippen MR) is 76.7 cm³/mol. The molecule has 0 bridgehead atoms. The summed E-state index contributed by atoms with van der Waals surface area (Å²) in [5, 5.41) is 3.44. The van der Waals surface area contributed by atoms with Crippen molar-refractivity contribution in [2.75, 3.05) is 12.4 Å². The molecule has 0 aromatic heterocycles. The molecule has 1 heterocycles. The number of rotatable bonds is 2. The first-order valence-electron chi connectivity index (χ1n) is 7.05. The van der Waals surface area contributed by atoms with Crippen LogP contribution < -0.4 is 11.1 Å². The zero-order valence-electron chi connectivity index (χ0n) is 11.6. The minimum atomic E-state index is -0.223. The van der Waals surface area contributed by atoms with Crippen LogP contribution in [0, 0.1) is 0 Å². The minimum Gasteiger partial charge on any atom is -0.382 e. The van der Waals surface area contributed by atoms with Crippen molar-refractivity contribution in [3.63, 3.8) is 0 Å². The predicted octanol–water partition coefficient (Wildman–Crippen LogP) is 1.59. The second-order valence-corrected chi connectivity index (χ2v) is 5.69. The Morgan fingerprint density at radius 2 is 1.75 bits per heavy atom. The highest BCUT2D eigenvalue weighted by Gasteiger charge is 2.32. The lowest BCUT2D eigenvalue weighted by molar-refractivity contribution is 0.0693. The van der Waals surface area contributed by atoms with Gasteiger partial charge in [0.25, 0.3) is 11.8 Å². The number of nitrogens with zero attached hydrogens (tertiary/aromatic N) is 1. The van der Waals surface area contributed by atoms with E-state index in [0.29, 0.717) is 23.2 Å². The van der Waals surface area contributed by atoms with Crippen LogP contribution in [0.3, 0.4) is 0 Å². The van der Waals surface area contributed by atoms with Gasteiger partial charge in [-0.15, -0.1) is 0 Å². The van der Waals surface area contributed by atoms with E-state index in [-0.39, 0.29) is 11.8 Å². The molecule has 1 aliphatic heterocycles. The Morgan fingerprint density at radius 1 is 1.10 bits per heavy atom. The van der Waals surface area contributed by atoms with E-state index in [1.54, 1.807) is 12.1 Å². The van der Waals surface area contributed by atoms with Crippen LogP contribution in [-0.2, 0) is 0 Å². The number of benzene rings is 1. The van der Waals surface area contributed by atoms with Crippen LogP contribution >= 0.6 is 0 Å². The van der Waals surface area contributed by atoms with Crippen LogP contribution in [-0.4, -0.2) is 35.8 Å². The Morgan fingerprint density at radius 3 is 2.45 bits per heavy atom. The van der Waals surface area contributed by atoms with Crippen molar-refractivity contribution >= 4 is 17.5 Å². The topological polar surface area (TPSA) is 75.4 Å². The van der Waals surface area contributed by atoms with Crippen molar-refractivity contribution in [2.24, 2.45) is 5.73 Å². The number of imide groups is 1. The Labute approximate surface area is 118 Å². The monoisotopic (exact) mass is 273 g/mol. The first kappa shape index (κ1) is 13.1. The van der Waals surface area contributed by atoms with Gasteiger partial charge < -0.3 is 11.1 Å². The van der Waals surface area contributed by atoms with Crippen molar-refractivity contribution in [1.82, 2.24) is 4.90 Å². The van der Waals surface area contributed by atoms with Gasteiger partial charge in [0.1, 0.15) is 0 Å². The summed E-state index contributed by atoms with van der Waals surface area (Å²) >= 11 is 0. The van der Waals surface area contributed by atoms with Crippen molar-refractivity contribution in [2.45, 2.75) is 37.8 Å². The number of carbonyl (C=O) groups excluding carboxylic acids is 2. The first-order chi connectivity index (χ1) is 9.56. The smallest absolute Gasteiger partial charge is 0.261 e. The molecule has 2 amide bonds. The molecule has 0 unspecified atom stereocenters. The van der Waals surface area contributed by atoms with Gasteiger partial charge in [-0.2, -0.15) is 0 Å². The Kier molecular flexibility index (Phi) is 3.22. The number of nitrogens with two attached hydrogens (primary N) is 1. The van der Waals surface area contributed by atoms with Crippen molar-refractivity contribution in [3.05, 3.63) is 29.3 Å². The van der Waals surface area contributed by atoms with Crippen LogP contribution in [0.25, 0.3) is 0 Å². The van der Waals surface area contributed by atoms with Crippen molar-refractivity contribution in [3.8, 4) is 0 Å². The van der Waals surface area contributed by atoms with Crippen LogP contribution in [0.4, 0.5) is 5.69 Å². The standard InChI is InChI=1S/C15H19N3O2/c1-18-14(19)12-7-6-11(8-13(12)15(18)20)17-10-4-2-9(16)3-5-10/h6-10,17H,2-5,16H2,1H3. The molecule has 1 aliphatic carbocycles. The maximum Gasteiger partial charge on any atom is 0.261 e. The van der Waals surface area contributed by atoms with Crippen LogP contribution in [0.5, 0.6) is 0 Å². The van der Waals surface area contributed by atoms with Crippen molar-refractivity contribution < 1.29 is 9.59 Å². The number of fused-ring (bicyclic) bond motifs is 1. The third-order valence-corrected chi connectivity index (χ3v) is 4.23. The summed E-state index contributed by atoms with van der Waals surface area (Å²) < 4.78 is 0. The second kappa shape index (κ2) is 4.90. The fourth-order valence-electron chi connectivity index (χ4n) is 2.95. The van der Waals surface area contributed by atoms with Gasteiger partial charge >= 0.3 is 0 Å². The molecular formula is C15H19N3O2. The normalized spacial score (nSPS) is 25.8. The van der Waals surface area contributed by atoms with E-state index in [0.717, 1.165) is 36.3 Å². The molecule has 106 valence electrons. The summed E-state index contributed by atoms with van der Waals surface area (Å²) in [4.78, 5) is 24.9. The van der Waals surface area contributed by atoms with Crippen LogP contribution in [0.1, 0.15) is 46.4 Å². The van der Waals surface area contributed by atoms with Gasteiger partial charge in [0.2, 0.25) is 0 Å². The largest absolute Gasteiger partial charge is 0.382 e. The number of hydrogen-bond acceptors (Lipinski definition) is 4. The first-order valence-corrected chi connectivity index (χ1v) is 7.05. The molecule has 5 nitrogen and oxygen atoms in total. The summed E-state index contributed by atoms with van der Waals surface area (Å²) in [5.41, 5.74) is 7.79. The molecule has 0 radical (unpaired) electrons. The van der Waals surface area contributed by atoms with Gasteiger partial charge in [0, 0.05) is 24.8 Å². The molecule has 5 heteroatoms. The number of hydrogen-bond donors (Lipinski definition) is 2. The molecule has 0 saturated heterocycles. The SMILES string of the molecule is CN1C(=O)c2ccc(NC3CCC(N)CC3)cc2C1=O. The Hall–Kier alpha value is -1.88. The average molecular weight is 273 g/mol. The van der Waals surface area contributed by atoms with Crippen molar-refractivity contribution in [1.29, 1.82) is 0 Å². The molecule has 1 fully saturated rings. The number of anilines is 1. The quantitative estimate of drug-likeness (QED) is 0.802. The van der Waals surface area contributed by atoms with Gasteiger partial charge in [0.05, 0.1) is 11.1 Å². The van der Waals surface area contributed by atoms with E-state index >= 15 is 0 Å². The fourth-order valence-corrected chi connectivity index (χ4v) is 2.95. The Balaban J connectivity index is 1.77. The third kappa shape index (κ3) is 2.18. The second-order valence-electron chi connectivity index (χ2n) is 5.69. The van der Waals surface area contributed by atoms with E-state index in [1.165, 1.54) is 7.05 Å². The molecule has 20 heavy (non-hydrogen) atoms. The summed E-state index contributed by atoms with van der Waals surface area (Å²) in [6, 6.07) is 6.11. The van der Waals surface area contributed by atoms with Gasteiger partial charge in [-0.1, -0.05) is 0 Å². The summed E-state index contributed by atoms with van der Waals surface area (Å²) in [6.07, 6.45) is 4.15. The molecule has 0 spiro atoms. The average Bonchev–Trinajstić information content (AvgIpc) is 2.66. The minimum absolute atomic E-state index is 0.222. The van der Waals surface area contributed by atoms with Gasteiger partial charge in [-0.05, 0) is 43.9 Å². The van der Waals surface area contributed by atoms with E-state index in [9.17, 15) is 9.59 Å². The lowest BCUT2D eigenvalue weighted by atomic mass is 9.91. The van der Waals surface area contributed by atoms with Crippen LogP contribution in [0.15, 0.2) is 18.2 Å². The molecule has 1 aromatic carbocycles. The molecule has 0 atom stereocenters. The van der Waals surface area contributed by atoms with Gasteiger partial charge in [0.15, 0.2) is 0 Å². The summed E-state index contributed by atoms with van der Waals surface area (Å²) in [7, 11) is 1.51. The highest BCUT2D eigenvalue weighted by molar-refractivity contribution is 6.21. The number of amides is 2. The molecule has 2 aliphatic rings.